The minimum absolute atomic E-state index is 0.380. The maximum Gasteiger partial charge on any atom is 0.229 e. The Kier molecular flexibility index (Phi) is 9.65. The number of rotatable bonds is 8. The molecule has 12 heteroatoms. The van der Waals surface area contributed by atoms with Gasteiger partial charge in [-0.25, -0.2) is 4.98 Å². The van der Waals surface area contributed by atoms with Gasteiger partial charge in [0.2, 0.25) is 5.95 Å². The van der Waals surface area contributed by atoms with Crippen LogP contribution in [0.1, 0.15) is 30.9 Å². The van der Waals surface area contributed by atoms with Crippen LogP contribution in [0, 0.1) is 18.8 Å². The van der Waals surface area contributed by atoms with E-state index in [2.05, 4.69) is 78.2 Å². The van der Waals surface area contributed by atoms with E-state index in [1.165, 1.54) is 18.5 Å². The van der Waals surface area contributed by atoms with E-state index in [1.54, 1.807) is 46.0 Å². The van der Waals surface area contributed by atoms with Gasteiger partial charge in [-0.15, -0.1) is 5.92 Å². The van der Waals surface area contributed by atoms with Gasteiger partial charge >= 0.3 is 0 Å². The zero-order valence-electron chi connectivity index (χ0n) is 28.2. The molecule has 47 heavy (non-hydrogen) atoms. The summed E-state index contributed by atoms with van der Waals surface area (Å²) in [4.78, 5) is 25.9. The number of aryl methyl sites for hydroxylation is 1. The van der Waals surface area contributed by atoms with E-state index in [0.717, 1.165) is 56.3 Å². The lowest BCUT2D eigenvalue weighted by Crippen LogP contribution is -2.52. The van der Waals surface area contributed by atoms with Crippen LogP contribution in [0.3, 0.4) is 0 Å². The van der Waals surface area contributed by atoms with Crippen molar-refractivity contribution < 1.29 is 9.30 Å². The maximum absolute atomic E-state index is 13.5. The molecule has 2 N–H and O–H groups in total. The normalized spacial score (nSPS) is 16.5. The number of hydrogen-bond acceptors (Lipinski definition) is 11. The van der Waals surface area contributed by atoms with Gasteiger partial charge in [-0.2, -0.15) is 4.98 Å². The molecular weight excluding hydrogens is 609 g/mol. The summed E-state index contributed by atoms with van der Waals surface area (Å²) in [5.74, 6) is 7.62. The molecule has 2 aliphatic rings. The summed E-state index contributed by atoms with van der Waals surface area (Å²) in [6, 6.07) is 8.60. The number of anilines is 5. The Labute approximate surface area is 277 Å². The second kappa shape index (κ2) is 13.9. The van der Waals surface area contributed by atoms with Gasteiger partial charge in [0.25, 0.3) is 0 Å². The van der Waals surface area contributed by atoms with Gasteiger partial charge in [-0.3, -0.25) is 14.9 Å². The molecule has 2 saturated heterocycles. The minimum Gasteiger partial charge on any atom is -0.494 e. The molecule has 11 nitrogen and oxygen atoms in total. The van der Waals surface area contributed by atoms with Crippen molar-refractivity contribution in [2.45, 2.75) is 32.7 Å². The van der Waals surface area contributed by atoms with Crippen LogP contribution in [0.2, 0.25) is 0 Å². The first-order chi connectivity index (χ1) is 22.6. The number of nitrogens with one attached hydrogen (secondary N) is 2. The number of hydrogen-bond donors (Lipinski definition) is 2. The molecule has 0 aliphatic carbocycles. The molecule has 0 saturated carbocycles. The SMILES string of the molecule is CC#Cc1cnc(Nc2cc(C)c(N3CCC(N4CCN(C)CC4)CC3)cc2OC)nc1Nc1ccc2nccnc2c1P(C)(C)=O. The fourth-order valence-electron chi connectivity index (χ4n) is 6.62. The van der Waals surface area contributed by atoms with Gasteiger partial charge in [0.05, 0.1) is 41.1 Å². The Hall–Kier alpha value is -4.23. The van der Waals surface area contributed by atoms with Gasteiger partial charge in [0.1, 0.15) is 18.4 Å². The monoisotopic (exact) mass is 653 g/mol. The summed E-state index contributed by atoms with van der Waals surface area (Å²) in [6.07, 6.45) is 7.26. The maximum atomic E-state index is 13.5. The van der Waals surface area contributed by atoms with E-state index in [0.29, 0.717) is 45.4 Å². The lowest BCUT2D eigenvalue weighted by molar-refractivity contribution is 0.0982. The molecule has 0 bridgehead atoms. The highest BCUT2D eigenvalue weighted by Gasteiger charge is 2.28. The summed E-state index contributed by atoms with van der Waals surface area (Å²) in [6.45, 7) is 14.0. The molecule has 4 heterocycles. The molecule has 6 rings (SSSR count). The van der Waals surface area contributed by atoms with Crippen molar-refractivity contribution in [3.8, 4) is 17.6 Å². The van der Waals surface area contributed by atoms with Crippen molar-refractivity contribution in [1.29, 1.82) is 0 Å². The van der Waals surface area contributed by atoms with E-state index in [1.807, 2.05) is 12.1 Å². The van der Waals surface area contributed by atoms with Crippen molar-refractivity contribution in [3.63, 3.8) is 0 Å². The zero-order chi connectivity index (χ0) is 33.1. The van der Waals surface area contributed by atoms with Crippen LogP contribution in [-0.2, 0) is 4.57 Å². The highest BCUT2D eigenvalue weighted by Crippen LogP contribution is 2.41. The molecule has 0 atom stereocenters. The van der Waals surface area contributed by atoms with E-state index in [4.69, 9.17) is 9.72 Å². The summed E-state index contributed by atoms with van der Waals surface area (Å²) in [5, 5.41) is 7.39. The quantitative estimate of drug-likeness (QED) is 0.197. The third kappa shape index (κ3) is 7.20. The van der Waals surface area contributed by atoms with Crippen LogP contribution in [0.4, 0.5) is 28.8 Å². The smallest absolute Gasteiger partial charge is 0.229 e. The molecule has 0 spiro atoms. The van der Waals surface area contributed by atoms with Crippen LogP contribution < -0.4 is 25.6 Å². The molecule has 0 amide bonds. The molecule has 246 valence electrons. The molecule has 2 aromatic heterocycles. The van der Waals surface area contributed by atoms with E-state index < -0.39 is 7.14 Å². The average molecular weight is 654 g/mol. The first kappa shape index (κ1) is 32.7. The molecule has 2 aliphatic heterocycles. The summed E-state index contributed by atoms with van der Waals surface area (Å²) >= 11 is 0. The largest absolute Gasteiger partial charge is 0.494 e. The van der Waals surface area contributed by atoms with Crippen LogP contribution in [-0.4, -0.2) is 103 Å². The Morgan fingerprint density at radius 3 is 2.40 bits per heavy atom. The molecule has 2 aromatic carbocycles. The fraction of sp³-hybridized carbons (Fsp3) is 0.429. The topological polar surface area (TPSA) is 112 Å². The molecule has 0 radical (unpaired) electrons. The summed E-state index contributed by atoms with van der Waals surface area (Å²) in [7, 11) is 1.13. The number of ether oxygens (including phenoxy) is 1. The Morgan fingerprint density at radius 2 is 1.70 bits per heavy atom. The summed E-state index contributed by atoms with van der Waals surface area (Å²) < 4.78 is 19.4. The first-order valence-corrected chi connectivity index (χ1v) is 18.7. The standard InChI is InChI=1S/C35H44N9O2P/c1-7-8-25-23-38-35(41-34(25)39-28-10-9-27-32(37-14-13-36-27)33(28)47(5,6)45)40-29-21-24(2)30(22-31(29)46-4)44-15-11-26(12-16-44)43-19-17-42(3)18-20-43/h9-10,13-14,21-23,26H,11-12,15-20H2,1-6H3,(H2,38,39,40,41). The van der Waals surface area contributed by atoms with Gasteiger partial charge < -0.3 is 29.7 Å². The third-order valence-electron chi connectivity index (χ3n) is 9.08. The van der Waals surface area contributed by atoms with Gasteiger partial charge in [-0.1, -0.05) is 5.92 Å². The van der Waals surface area contributed by atoms with Crippen LogP contribution >= 0.6 is 7.14 Å². The Bertz CT molecular complexity index is 1870. The van der Waals surface area contributed by atoms with Crippen molar-refractivity contribution in [2.75, 3.05) is 82.3 Å². The predicted molar refractivity (Wildman–Crippen MR) is 192 cm³/mol. The number of piperidine rings is 1. The van der Waals surface area contributed by atoms with Gasteiger partial charge in [0, 0.05) is 69.5 Å². The highest BCUT2D eigenvalue weighted by molar-refractivity contribution is 7.71. The number of benzene rings is 2. The highest BCUT2D eigenvalue weighted by atomic mass is 31.2. The molecule has 4 aromatic rings. The second-order valence-electron chi connectivity index (χ2n) is 12.7. The van der Waals surface area contributed by atoms with E-state index in [9.17, 15) is 4.57 Å². The Balaban J connectivity index is 1.24. The van der Waals surface area contributed by atoms with Crippen molar-refractivity contribution in [3.05, 3.63) is 54.0 Å². The molecule has 0 unspecified atom stereocenters. The number of fused-ring (bicyclic) bond motifs is 1. The average Bonchev–Trinajstić information content (AvgIpc) is 3.06. The number of likely N-dealkylation sites (N-methyl/N-ethyl adjacent to an activating group) is 1. The zero-order valence-corrected chi connectivity index (χ0v) is 29.1. The lowest BCUT2D eigenvalue weighted by atomic mass is 10.0. The minimum atomic E-state index is -2.77. The fourth-order valence-corrected chi connectivity index (χ4v) is 8.02. The predicted octanol–water partition coefficient (Wildman–Crippen LogP) is 5.06. The van der Waals surface area contributed by atoms with Crippen LogP contribution in [0.25, 0.3) is 11.0 Å². The van der Waals surface area contributed by atoms with E-state index >= 15 is 0 Å². The van der Waals surface area contributed by atoms with Gasteiger partial charge in [0.15, 0.2) is 5.82 Å². The van der Waals surface area contributed by atoms with Crippen LogP contribution in [0.5, 0.6) is 5.75 Å². The molecule has 2 fully saturated rings. The van der Waals surface area contributed by atoms with Crippen LogP contribution in [0.15, 0.2) is 42.9 Å². The number of aromatic nitrogens is 4. The lowest BCUT2D eigenvalue weighted by Gasteiger charge is -2.43. The molecular formula is C35H44N9O2P. The Morgan fingerprint density at radius 1 is 0.957 bits per heavy atom. The number of nitrogens with zero attached hydrogens (tertiary/aromatic N) is 7. The second-order valence-corrected chi connectivity index (χ2v) is 15.9. The van der Waals surface area contributed by atoms with Crippen molar-refractivity contribution in [2.24, 2.45) is 0 Å². The van der Waals surface area contributed by atoms with Crippen molar-refractivity contribution in [1.82, 2.24) is 29.7 Å². The summed E-state index contributed by atoms with van der Waals surface area (Å²) in [5.41, 5.74) is 5.66. The first-order valence-electron chi connectivity index (χ1n) is 16.1. The third-order valence-corrected chi connectivity index (χ3v) is 10.6. The van der Waals surface area contributed by atoms with Gasteiger partial charge in [-0.05, 0) is 70.8 Å². The van der Waals surface area contributed by atoms with Crippen molar-refractivity contribution >= 4 is 52.3 Å². The number of methoxy groups -OCH3 is 1. The number of piperazine rings is 1. The van der Waals surface area contributed by atoms with E-state index in [-0.39, 0.29) is 0 Å².